The molecule has 0 spiro atoms. The average molecular weight is 239 g/mol. The van der Waals surface area contributed by atoms with Crippen molar-refractivity contribution >= 4 is 0 Å². The molecule has 4 nitrogen and oxygen atoms in total. The molecule has 0 saturated heterocycles. The maximum absolute atomic E-state index is 9.19. The Balaban J connectivity index is 2.47. The topological polar surface area (TPSA) is 50.7 Å². The Labute approximate surface area is 103 Å². The Morgan fingerprint density at radius 2 is 2.00 bits per heavy atom. The molecule has 0 fully saturated rings. The van der Waals surface area contributed by atoms with Gasteiger partial charge in [0.1, 0.15) is 18.1 Å². The normalized spacial score (nSPS) is 12.5. The summed E-state index contributed by atoms with van der Waals surface area (Å²) in [6.07, 6.45) is 0. The first-order chi connectivity index (χ1) is 8.15. The van der Waals surface area contributed by atoms with Gasteiger partial charge in [0.05, 0.1) is 19.8 Å². The van der Waals surface area contributed by atoms with Gasteiger partial charge in [-0.25, -0.2) is 0 Å². The highest BCUT2D eigenvalue weighted by molar-refractivity contribution is 5.32. The van der Waals surface area contributed by atoms with Gasteiger partial charge < -0.3 is 19.9 Å². The highest BCUT2D eigenvalue weighted by Crippen LogP contribution is 2.18. The van der Waals surface area contributed by atoms with Gasteiger partial charge in [-0.2, -0.15) is 0 Å². The predicted octanol–water partition coefficient (Wildman–Crippen LogP) is 1.43. The third-order valence-electron chi connectivity index (χ3n) is 2.28. The van der Waals surface area contributed by atoms with Crippen molar-refractivity contribution in [3.63, 3.8) is 0 Å². The van der Waals surface area contributed by atoms with E-state index in [-0.39, 0.29) is 12.6 Å². The molecular weight excluding hydrogens is 218 g/mol. The molecule has 0 aromatic heterocycles. The van der Waals surface area contributed by atoms with E-state index in [9.17, 15) is 5.11 Å². The molecule has 4 heteroatoms. The van der Waals surface area contributed by atoms with E-state index in [1.807, 2.05) is 38.1 Å². The third kappa shape index (κ3) is 5.06. The summed E-state index contributed by atoms with van der Waals surface area (Å²) in [7, 11) is 1.62. The molecule has 2 N–H and O–H groups in total. The molecule has 0 aliphatic carbocycles. The Hall–Kier alpha value is -1.26. The maximum atomic E-state index is 9.19. The Kier molecular flexibility index (Phi) is 5.80. The van der Waals surface area contributed by atoms with Gasteiger partial charge in [0.15, 0.2) is 0 Å². The fraction of sp³-hybridized carbons (Fsp3) is 0.538. The van der Waals surface area contributed by atoms with Crippen LogP contribution in [0.4, 0.5) is 0 Å². The van der Waals surface area contributed by atoms with Crippen LogP contribution < -0.4 is 14.8 Å². The average Bonchev–Trinajstić information content (AvgIpc) is 2.34. The van der Waals surface area contributed by atoms with Crippen molar-refractivity contribution in [2.75, 3.05) is 20.3 Å². The number of benzene rings is 1. The Morgan fingerprint density at radius 1 is 1.29 bits per heavy atom. The number of rotatable bonds is 7. The predicted molar refractivity (Wildman–Crippen MR) is 67.6 cm³/mol. The van der Waals surface area contributed by atoms with E-state index in [0.29, 0.717) is 12.6 Å². The first-order valence-corrected chi connectivity index (χ1v) is 5.79. The molecule has 1 unspecified atom stereocenters. The zero-order valence-corrected chi connectivity index (χ0v) is 10.6. The molecular formula is C13H21NO3. The fourth-order valence-electron chi connectivity index (χ4n) is 1.51. The van der Waals surface area contributed by atoms with Crippen molar-refractivity contribution in [1.29, 1.82) is 0 Å². The summed E-state index contributed by atoms with van der Waals surface area (Å²) in [6, 6.07) is 7.69. The van der Waals surface area contributed by atoms with Gasteiger partial charge in [-0.15, -0.1) is 0 Å². The van der Waals surface area contributed by atoms with Crippen LogP contribution in [0.25, 0.3) is 0 Å². The molecule has 96 valence electrons. The standard InChI is InChI=1S/C13H21NO3/c1-10(2)14-11(8-15)9-17-13-6-4-5-12(7-13)16-3/h4-7,10-11,14-15H,8-9H2,1-3H3. The minimum Gasteiger partial charge on any atom is -0.497 e. The maximum Gasteiger partial charge on any atom is 0.123 e. The number of hydrogen-bond donors (Lipinski definition) is 2. The summed E-state index contributed by atoms with van der Waals surface area (Å²) < 4.78 is 10.7. The Morgan fingerprint density at radius 3 is 2.59 bits per heavy atom. The number of aliphatic hydroxyl groups excluding tert-OH is 1. The first kappa shape index (κ1) is 13.8. The number of hydrogen-bond acceptors (Lipinski definition) is 4. The second-order valence-corrected chi connectivity index (χ2v) is 4.19. The van der Waals surface area contributed by atoms with Crippen molar-refractivity contribution in [2.45, 2.75) is 25.9 Å². The zero-order chi connectivity index (χ0) is 12.7. The molecule has 1 atom stereocenters. The van der Waals surface area contributed by atoms with E-state index in [4.69, 9.17) is 9.47 Å². The van der Waals surface area contributed by atoms with Crippen molar-refractivity contribution in [1.82, 2.24) is 5.32 Å². The molecule has 0 bridgehead atoms. The third-order valence-corrected chi connectivity index (χ3v) is 2.28. The molecule has 0 aliphatic rings. The summed E-state index contributed by atoms with van der Waals surface area (Å²) in [5, 5.41) is 12.4. The van der Waals surface area contributed by atoms with Gasteiger partial charge >= 0.3 is 0 Å². The lowest BCUT2D eigenvalue weighted by Gasteiger charge is -2.19. The summed E-state index contributed by atoms with van der Waals surface area (Å²) in [5.41, 5.74) is 0. The first-order valence-electron chi connectivity index (χ1n) is 5.79. The molecule has 0 aliphatic heterocycles. The lowest BCUT2D eigenvalue weighted by atomic mass is 10.2. The van der Waals surface area contributed by atoms with Crippen LogP contribution in [0.2, 0.25) is 0 Å². The number of ether oxygens (including phenoxy) is 2. The number of nitrogens with one attached hydrogen (secondary N) is 1. The summed E-state index contributed by atoms with van der Waals surface area (Å²) in [4.78, 5) is 0. The van der Waals surface area contributed by atoms with Crippen LogP contribution in [-0.2, 0) is 0 Å². The van der Waals surface area contributed by atoms with Crippen LogP contribution in [0.1, 0.15) is 13.8 Å². The van der Waals surface area contributed by atoms with Gasteiger partial charge in [0.25, 0.3) is 0 Å². The highest BCUT2D eigenvalue weighted by Gasteiger charge is 2.09. The molecule has 0 radical (unpaired) electrons. The van der Waals surface area contributed by atoms with Gasteiger partial charge in [0.2, 0.25) is 0 Å². The number of methoxy groups -OCH3 is 1. The monoisotopic (exact) mass is 239 g/mol. The van der Waals surface area contributed by atoms with E-state index in [2.05, 4.69) is 5.32 Å². The van der Waals surface area contributed by atoms with Crippen LogP contribution >= 0.6 is 0 Å². The molecule has 1 aromatic rings. The fourth-order valence-corrected chi connectivity index (χ4v) is 1.51. The molecule has 1 aromatic carbocycles. The quantitative estimate of drug-likeness (QED) is 0.756. The molecule has 17 heavy (non-hydrogen) atoms. The van der Waals surface area contributed by atoms with Gasteiger partial charge in [-0.1, -0.05) is 19.9 Å². The smallest absolute Gasteiger partial charge is 0.123 e. The van der Waals surface area contributed by atoms with E-state index in [1.165, 1.54) is 0 Å². The second-order valence-electron chi connectivity index (χ2n) is 4.19. The van der Waals surface area contributed by atoms with E-state index < -0.39 is 0 Å². The lowest BCUT2D eigenvalue weighted by Crippen LogP contribution is -2.41. The van der Waals surface area contributed by atoms with Gasteiger partial charge in [-0.05, 0) is 12.1 Å². The van der Waals surface area contributed by atoms with Gasteiger partial charge in [-0.3, -0.25) is 0 Å². The van der Waals surface area contributed by atoms with Crippen molar-refractivity contribution in [3.05, 3.63) is 24.3 Å². The zero-order valence-electron chi connectivity index (χ0n) is 10.6. The van der Waals surface area contributed by atoms with Crippen LogP contribution in [-0.4, -0.2) is 37.5 Å². The molecule has 0 saturated carbocycles. The molecule has 1 rings (SSSR count). The highest BCUT2D eigenvalue weighted by atomic mass is 16.5. The van der Waals surface area contributed by atoms with Crippen molar-refractivity contribution in [2.24, 2.45) is 0 Å². The Bertz CT molecular complexity index is 328. The summed E-state index contributed by atoms with van der Waals surface area (Å²) >= 11 is 0. The van der Waals surface area contributed by atoms with Crippen LogP contribution in [0.3, 0.4) is 0 Å². The number of aliphatic hydroxyl groups is 1. The summed E-state index contributed by atoms with van der Waals surface area (Å²) in [6.45, 7) is 4.56. The van der Waals surface area contributed by atoms with Crippen LogP contribution in [0.5, 0.6) is 11.5 Å². The van der Waals surface area contributed by atoms with Crippen LogP contribution in [0.15, 0.2) is 24.3 Å². The summed E-state index contributed by atoms with van der Waals surface area (Å²) in [5.74, 6) is 1.51. The lowest BCUT2D eigenvalue weighted by molar-refractivity contribution is 0.176. The second kappa shape index (κ2) is 7.14. The van der Waals surface area contributed by atoms with E-state index in [1.54, 1.807) is 7.11 Å². The van der Waals surface area contributed by atoms with Crippen molar-refractivity contribution < 1.29 is 14.6 Å². The van der Waals surface area contributed by atoms with E-state index >= 15 is 0 Å². The van der Waals surface area contributed by atoms with Crippen LogP contribution in [0, 0.1) is 0 Å². The minimum atomic E-state index is -0.0544. The van der Waals surface area contributed by atoms with Crippen molar-refractivity contribution in [3.8, 4) is 11.5 Å². The SMILES string of the molecule is COc1cccc(OCC(CO)NC(C)C)c1. The molecule has 0 heterocycles. The van der Waals surface area contributed by atoms with E-state index in [0.717, 1.165) is 11.5 Å². The minimum absolute atomic E-state index is 0.0544. The molecule has 0 amide bonds. The largest absolute Gasteiger partial charge is 0.497 e. The van der Waals surface area contributed by atoms with Gasteiger partial charge in [0, 0.05) is 12.1 Å².